The number of hydrogen-bond donors (Lipinski definition) is 0. The van der Waals surface area contributed by atoms with E-state index in [1.165, 1.54) is 9.21 Å². The van der Waals surface area contributed by atoms with Crippen molar-refractivity contribution in [1.29, 1.82) is 0 Å². The Bertz CT molecular complexity index is 931. The van der Waals surface area contributed by atoms with Crippen molar-refractivity contribution in [2.45, 2.75) is 19.4 Å². The maximum Gasteiger partial charge on any atom is 0.246 e. The SMILES string of the molecule is CN(Cc1nc(-c2ccccc2Cl)no1)C(=O)C1CCCN(S(C)(=O)=O)C1. The van der Waals surface area contributed by atoms with E-state index >= 15 is 0 Å². The molecule has 1 amide bonds. The molecule has 0 radical (unpaired) electrons. The lowest BCUT2D eigenvalue weighted by atomic mass is 9.98. The lowest BCUT2D eigenvalue weighted by molar-refractivity contribution is -0.136. The van der Waals surface area contributed by atoms with Gasteiger partial charge in [-0.1, -0.05) is 28.9 Å². The second-order valence-corrected chi connectivity index (χ2v) is 9.04. The summed E-state index contributed by atoms with van der Waals surface area (Å²) in [6, 6.07) is 7.15. The van der Waals surface area contributed by atoms with Gasteiger partial charge in [-0.25, -0.2) is 12.7 Å². The van der Waals surface area contributed by atoms with Gasteiger partial charge < -0.3 is 9.42 Å². The molecule has 2 aromatic rings. The largest absolute Gasteiger partial charge is 0.337 e. The highest BCUT2D eigenvalue weighted by Gasteiger charge is 2.32. The minimum absolute atomic E-state index is 0.138. The summed E-state index contributed by atoms with van der Waals surface area (Å²) in [5, 5.41) is 4.43. The molecule has 10 heteroatoms. The number of amides is 1. The third kappa shape index (κ3) is 4.66. The normalized spacial score (nSPS) is 18.4. The van der Waals surface area contributed by atoms with Gasteiger partial charge in [0.25, 0.3) is 0 Å². The van der Waals surface area contributed by atoms with Gasteiger partial charge in [-0.2, -0.15) is 4.98 Å². The quantitative estimate of drug-likeness (QED) is 0.745. The maximum absolute atomic E-state index is 12.7. The minimum Gasteiger partial charge on any atom is -0.337 e. The van der Waals surface area contributed by atoms with Crippen LogP contribution in [0.25, 0.3) is 11.4 Å². The van der Waals surface area contributed by atoms with Gasteiger partial charge >= 0.3 is 0 Å². The molecule has 1 aliphatic rings. The molecule has 1 aromatic heterocycles. The fourth-order valence-electron chi connectivity index (χ4n) is 3.11. The molecule has 1 saturated heterocycles. The number of sulfonamides is 1. The van der Waals surface area contributed by atoms with Crippen LogP contribution < -0.4 is 0 Å². The summed E-state index contributed by atoms with van der Waals surface area (Å²) >= 11 is 6.14. The highest BCUT2D eigenvalue weighted by atomic mass is 35.5. The van der Waals surface area contributed by atoms with Crippen molar-refractivity contribution in [3.8, 4) is 11.4 Å². The summed E-state index contributed by atoms with van der Waals surface area (Å²) in [5.74, 6) is 0.138. The van der Waals surface area contributed by atoms with E-state index in [1.54, 1.807) is 19.2 Å². The molecule has 1 fully saturated rings. The molecule has 1 aromatic carbocycles. The Morgan fingerprint density at radius 2 is 2.15 bits per heavy atom. The third-order valence-corrected chi connectivity index (χ3v) is 6.13. The molecular formula is C17H21ClN4O4S. The Kier molecular flexibility index (Phi) is 5.83. The Morgan fingerprint density at radius 3 is 2.85 bits per heavy atom. The molecule has 0 aliphatic carbocycles. The molecule has 0 spiro atoms. The van der Waals surface area contributed by atoms with Crippen LogP contribution in [0.4, 0.5) is 0 Å². The number of halogens is 1. The first-order valence-corrected chi connectivity index (χ1v) is 10.8. The van der Waals surface area contributed by atoms with E-state index in [4.69, 9.17) is 16.1 Å². The van der Waals surface area contributed by atoms with E-state index in [2.05, 4.69) is 10.1 Å². The Labute approximate surface area is 163 Å². The fourth-order valence-corrected chi connectivity index (χ4v) is 4.24. The maximum atomic E-state index is 12.7. The van der Waals surface area contributed by atoms with Crippen LogP contribution in [0.2, 0.25) is 5.02 Å². The molecule has 8 nitrogen and oxygen atoms in total. The van der Waals surface area contributed by atoms with Crippen LogP contribution in [-0.4, -0.2) is 60.1 Å². The van der Waals surface area contributed by atoms with E-state index < -0.39 is 10.0 Å². The summed E-state index contributed by atoms with van der Waals surface area (Å²) in [7, 11) is -1.66. The minimum atomic E-state index is -3.30. The second-order valence-electron chi connectivity index (χ2n) is 6.65. The zero-order valence-corrected chi connectivity index (χ0v) is 16.7. The van der Waals surface area contributed by atoms with Crippen molar-refractivity contribution in [3.63, 3.8) is 0 Å². The summed E-state index contributed by atoms with van der Waals surface area (Å²) in [6.07, 6.45) is 2.48. The summed E-state index contributed by atoms with van der Waals surface area (Å²) in [4.78, 5) is 18.5. The van der Waals surface area contributed by atoms with Crippen molar-refractivity contribution < 1.29 is 17.7 Å². The molecule has 0 bridgehead atoms. The summed E-state index contributed by atoms with van der Waals surface area (Å²) in [5.41, 5.74) is 0.652. The van der Waals surface area contributed by atoms with Crippen LogP contribution in [0.3, 0.4) is 0 Å². The topological polar surface area (TPSA) is 96.6 Å². The third-order valence-electron chi connectivity index (χ3n) is 4.53. The number of rotatable bonds is 5. The molecule has 27 heavy (non-hydrogen) atoms. The van der Waals surface area contributed by atoms with E-state index in [0.717, 1.165) is 6.26 Å². The first-order valence-electron chi connectivity index (χ1n) is 8.53. The highest BCUT2D eigenvalue weighted by Crippen LogP contribution is 2.25. The number of nitrogens with zero attached hydrogens (tertiary/aromatic N) is 4. The Hall–Kier alpha value is -1.97. The van der Waals surface area contributed by atoms with E-state index in [0.29, 0.717) is 35.8 Å². The van der Waals surface area contributed by atoms with E-state index in [9.17, 15) is 13.2 Å². The molecule has 146 valence electrons. The lowest BCUT2D eigenvalue weighted by Crippen LogP contribution is -2.45. The number of hydrogen-bond acceptors (Lipinski definition) is 6. The summed E-state index contributed by atoms with van der Waals surface area (Å²) in [6.45, 7) is 0.805. The predicted molar refractivity (Wildman–Crippen MR) is 100 cm³/mol. The van der Waals surface area contributed by atoms with Gasteiger partial charge in [0.15, 0.2) is 0 Å². The predicted octanol–water partition coefficient (Wildman–Crippen LogP) is 2.02. The zero-order chi connectivity index (χ0) is 19.6. The van der Waals surface area contributed by atoms with E-state index in [1.807, 2.05) is 12.1 Å². The highest BCUT2D eigenvalue weighted by molar-refractivity contribution is 7.88. The van der Waals surface area contributed by atoms with Crippen LogP contribution in [0.15, 0.2) is 28.8 Å². The van der Waals surface area contributed by atoms with Gasteiger partial charge in [-0.05, 0) is 25.0 Å². The molecule has 1 aliphatic heterocycles. The first-order chi connectivity index (χ1) is 12.8. The van der Waals surface area contributed by atoms with Crippen LogP contribution in [0.5, 0.6) is 0 Å². The fraction of sp³-hybridized carbons (Fsp3) is 0.471. The number of piperidine rings is 1. The average molecular weight is 413 g/mol. The monoisotopic (exact) mass is 412 g/mol. The van der Waals surface area contributed by atoms with Crippen molar-refractivity contribution in [2.24, 2.45) is 5.92 Å². The number of carbonyl (C=O) groups excluding carboxylic acids is 1. The van der Waals surface area contributed by atoms with Gasteiger partial charge in [0.2, 0.25) is 27.6 Å². The molecule has 0 saturated carbocycles. The number of carbonyl (C=O) groups is 1. The second kappa shape index (κ2) is 7.95. The Morgan fingerprint density at radius 1 is 1.41 bits per heavy atom. The van der Waals surface area contributed by atoms with E-state index in [-0.39, 0.29) is 30.8 Å². The molecule has 1 atom stereocenters. The van der Waals surface area contributed by atoms with Crippen molar-refractivity contribution >= 4 is 27.5 Å². The molecule has 3 rings (SSSR count). The zero-order valence-electron chi connectivity index (χ0n) is 15.1. The number of benzene rings is 1. The van der Waals surface area contributed by atoms with Crippen LogP contribution >= 0.6 is 11.6 Å². The van der Waals surface area contributed by atoms with Crippen molar-refractivity contribution in [3.05, 3.63) is 35.2 Å². The Balaban J connectivity index is 1.66. The number of aromatic nitrogens is 2. The molecular weight excluding hydrogens is 392 g/mol. The van der Waals surface area contributed by atoms with Crippen molar-refractivity contribution in [2.75, 3.05) is 26.4 Å². The van der Waals surface area contributed by atoms with Gasteiger partial charge in [0, 0.05) is 25.7 Å². The van der Waals surface area contributed by atoms with Crippen molar-refractivity contribution in [1.82, 2.24) is 19.3 Å². The smallest absolute Gasteiger partial charge is 0.246 e. The van der Waals surface area contributed by atoms with Gasteiger partial charge in [-0.3, -0.25) is 4.79 Å². The van der Waals surface area contributed by atoms with Gasteiger partial charge in [0.1, 0.15) is 0 Å². The van der Waals surface area contributed by atoms with Crippen LogP contribution in [-0.2, 0) is 21.4 Å². The molecule has 2 heterocycles. The molecule has 0 N–H and O–H groups in total. The average Bonchev–Trinajstić information content (AvgIpc) is 3.09. The standard InChI is InChI=1S/C17H21ClN4O4S/c1-21(17(23)12-6-5-9-22(10-12)27(2,24)25)11-15-19-16(20-26-15)13-7-3-4-8-14(13)18/h3-4,7-8,12H,5-6,9-11H2,1-2H3. The van der Waals surface area contributed by atoms with Crippen LogP contribution in [0, 0.1) is 5.92 Å². The first kappa shape index (κ1) is 19.8. The lowest BCUT2D eigenvalue weighted by Gasteiger charge is -2.32. The summed E-state index contributed by atoms with van der Waals surface area (Å²) < 4.78 is 30.1. The molecule has 1 unspecified atom stereocenters. The van der Waals surface area contributed by atoms with Crippen LogP contribution in [0.1, 0.15) is 18.7 Å². The van der Waals surface area contributed by atoms with Gasteiger partial charge in [-0.15, -0.1) is 0 Å². The van der Waals surface area contributed by atoms with Gasteiger partial charge in [0.05, 0.1) is 23.7 Å².